The Kier molecular flexibility index (Phi) is 4.25. The average molecular weight is 339 g/mol. The largest absolute Gasteiger partial charge is 0.364 e. The molecule has 0 unspecified atom stereocenters. The maximum absolute atomic E-state index is 12.2. The summed E-state index contributed by atoms with van der Waals surface area (Å²) in [5, 5.41) is 6.07. The van der Waals surface area contributed by atoms with Crippen LogP contribution in [0.2, 0.25) is 0 Å². The molecule has 0 saturated carbocycles. The van der Waals surface area contributed by atoms with Gasteiger partial charge in [0.15, 0.2) is 0 Å². The Bertz CT molecular complexity index is 854. The minimum Gasteiger partial charge on any atom is -0.364 e. The molecule has 2 heterocycles. The molecule has 2 aromatic carbocycles. The lowest BCUT2D eigenvalue weighted by Crippen LogP contribution is -2.44. The molecule has 0 amide bonds. The van der Waals surface area contributed by atoms with Gasteiger partial charge in [-0.1, -0.05) is 30.3 Å². The second-order valence-corrected chi connectivity index (χ2v) is 6.47. The van der Waals surface area contributed by atoms with Gasteiger partial charge in [0.1, 0.15) is 0 Å². The van der Waals surface area contributed by atoms with Crippen LogP contribution >= 0.6 is 11.5 Å². The van der Waals surface area contributed by atoms with Crippen molar-refractivity contribution in [2.75, 3.05) is 26.2 Å². The zero-order chi connectivity index (χ0) is 16.4. The van der Waals surface area contributed by atoms with Crippen LogP contribution in [-0.2, 0) is 4.84 Å². The van der Waals surface area contributed by atoms with Crippen LogP contribution in [0, 0.1) is 0 Å². The van der Waals surface area contributed by atoms with E-state index in [1.165, 1.54) is 11.5 Å². The molecule has 5 nitrogen and oxygen atoms in total. The highest BCUT2D eigenvalue weighted by Gasteiger charge is 2.16. The SMILES string of the molecule is O=C(ON1CCNCC1)c1ccc(-c2nsc3ccccc23)cc1. The average Bonchev–Trinajstić information content (AvgIpc) is 3.07. The van der Waals surface area contributed by atoms with E-state index in [9.17, 15) is 4.79 Å². The predicted octanol–water partition coefficient (Wildman–Crippen LogP) is 2.94. The van der Waals surface area contributed by atoms with Crippen molar-refractivity contribution in [2.24, 2.45) is 0 Å². The molecule has 6 heteroatoms. The fourth-order valence-corrected chi connectivity index (χ4v) is 3.56. The summed E-state index contributed by atoms with van der Waals surface area (Å²) in [6.45, 7) is 3.11. The molecule has 24 heavy (non-hydrogen) atoms. The molecule has 1 aliphatic rings. The van der Waals surface area contributed by atoms with Gasteiger partial charge in [-0.2, -0.15) is 4.37 Å². The van der Waals surface area contributed by atoms with Crippen molar-refractivity contribution in [3.8, 4) is 11.3 Å². The molecule has 0 spiro atoms. The zero-order valence-corrected chi connectivity index (χ0v) is 13.9. The summed E-state index contributed by atoms with van der Waals surface area (Å²) in [5.41, 5.74) is 2.51. The van der Waals surface area contributed by atoms with Gasteiger partial charge in [0.25, 0.3) is 0 Å². The number of carbonyl (C=O) groups excluding carboxylic acids is 1. The molecular weight excluding hydrogens is 322 g/mol. The van der Waals surface area contributed by atoms with E-state index in [2.05, 4.69) is 21.8 Å². The van der Waals surface area contributed by atoms with Crippen molar-refractivity contribution >= 4 is 27.6 Å². The lowest BCUT2D eigenvalue weighted by Gasteiger charge is -2.25. The molecule has 1 aromatic heterocycles. The Morgan fingerprint density at radius 3 is 2.62 bits per heavy atom. The Morgan fingerprint density at radius 2 is 1.83 bits per heavy atom. The first-order valence-electron chi connectivity index (χ1n) is 7.94. The Hall–Kier alpha value is -2.28. The number of carbonyl (C=O) groups is 1. The van der Waals surface area contributed by atoms with Crippen LogP contribution in [0.15, 0.2) is 48.5 Å². The molecule has 122 valence electrons. The van der Waals surface area contributed by atoms with Crippen LogP contribution < -0.4 is 5.32 Å². The van der Waals surface area contributed by atoms with E-state index in [0.29, 0.717) is 18.7 Å². The van der Waals surface area contributed by atoms with Gasteiger partial charge in [0.2, 0.25) is 0 Å². The van der Waals surface area contributed by atoms with E-state index in [1.54, 1.807) is 17.2 Å². The number of hydroxylamine groups is 2. The normalized spacial score (nSPS) is 15.5. The number of hydrogen-bond acceptors (Lipinski definition) is 6. The van der Waals surface area contributed by atoms with Gasteiger partial charge in [-0.15, -0.1) is 5.06 Å². The van der Waals surface area contributed by atoms with Gasteiger partial charge in [-0.25, -0.2) is 4.79 Å². The maximum Gasteiger partial charge on any atom is 0.357 e. The maximum atomic E-state index is 12.2. The second-order valence-electron chi connectivity index (χ2n) is 5.66. The number of hydrogen-bond donors (Lipinski definition) is 1. The first kappa shape index (κ1) is 15.3. The minimum atomic E-state index is -0.313. The lowest BCUT2D eigenvalue weighted by molar-refractivity contribution is -0.115. The van der Waals surface area contributed by atoms with Crippen molar-refractivity contribution in [2.45, 2.75) is 0 Å². The number of nitrogens with one attached hydrogen (secondary N) is 1. The van der Waals surface area contributed by atoms with E-state index in [0.717, 1.165) is 34.4 Å². The van der Waals surface area contributed by atoms with Crippen molar-refractivity contribution in [1.29, 1.82) is 0 Å². The van der Waals surface area contributed by atoms with Gasteiger partial charge in [-0.3, -0.25) is 0 Å². The number of fused-ring (bicyclic) bond motifs is 1. The fourth-order valence-electron chi connectivity index (χ4n) is 2.76. The van der Waals surface area contributed by atoms with Crippen LogP contribution in [-0.4, -0.2) is 41.6 Å². The molecule has 3 aromatic rings. The van der Waals surface area contributed by atoms with E-state index < -0.39 is 0 Å². The smallest absolute Gasteiger partial charge is 0.357 e. The third-order valence-electron chi connectivity index (χ3n) is 4.06. The summed E-state index contributed by atoms with van der Waals surface area (Å²) in [6, 6.07) is 15.6. The Labute approximate surface area is 144 Å². The summed E-state index contributed by atoms with van der Waals surface area (Å²) in [7, 11) is 0. The van der Waals surface area contributed by atoms with E-state index in [-0.39, 0.29) is 5.97 Å². The van der Waals surface area contributed by atoms with Crippen molar-refractivity contribution in [3.05, 3.63) is 54.1 Å². The van der Waals surface area contributed by atoms with Gasteiger partial charge in [-0.05, 0) is 29.7 Å². The second kappa shape index (κ2) is 6.68. The Morgan fingerprint density at radius 1 is 1.08 bits per heavy atom. The van der Waals surface area contributed by atoms with Gasteiger partial charge in [0.05, 0.1) is 16.0 Å². The first-order chi connectivity index (χ1) is 11.8. The quantitative estimate of drug-likeness (QED) is 0.795. The van der Waals surface area contributed by atoms with Crippen LogP contribution in [0.1, 0.15) is 10.4 Å². The van der Waals surface area contributed by atoms with E-state index in [4.69, 9.17) is 4.84 Å². The van der Waals surface area contributed by atoms with Crippen LogP contribution in [0.3, 0.4) is 0 Å². The molecule has 0 bridgehead atoms. The van der Waals surface area contributed by atoms with Crippen molar-refractivity contribution in [3.63, 3.8) is 0 Å². The highest BCUT2D eigenvalue weighted by Crippen LogP contribution is 2.30. The van der Waals surface area contributed by atoms with Crippen molar-refractivity contribution in [1.82, 2.24) is 14.8 Å². The lowest BCUT2D eigenvalue weighted by atomic mass is 10.1. The topological polar surface area (TPSA) is 54.5 Å². The molecule has 0 atom stereocenters. The van der Waals surface area contributed by atoms with E-state index in [1.807, 2.05) is 24.3 Å². The highest BCUT2D eigenvalue weighted by molar-refractivity contribution is 7.13. The van der Waals surface area contributed by atoms with Gasteiger partial charge >= 0.3 is 5.97 Å². The Balaban J connectivity index is 1.53. The zero-order valence-electron chi connectivity index (χ0n) is 13.1. The number of benzene rings is 2. The molecule has 1 fully saturated rings. The molecule has 1 saturated heterocycles. The number of aromatic nitrogens is 1. The fraction of sp³-hybridized carbons (Fsp3) is 0.222. The van der Waals surface area contributed by atoms with Gasteiger partial charge in [0, 0.05) is 37.1 Å². The molecule has 1 aliphatic heterocycles. The minimum absolute atomic E-state index is 0.313. The highest BCUT2D eigenvalue weighted by atomic mass is 32.1. The monoisotopic (exact) mass is 339 g/mol. The third-order valence-corrected chi connectivity index (χ3v) is 4.89. The summed E-state index contributed by atoms with van der Waals surface area (Å²) < 4.78 is 5.71. The molecule has 0 radical (unpaired) electrons. The van der Waals surface area contributed by atoms with Crippen LogP contribution in [0.4, 0.5) is 0 Å². The summed E-state index contributed by atoms with van der Waals surface area (Å²) >= 11 is 1.49. The van der Waals surface area contributed by atoms with Crippen molar-refractivity contribution < 1.29 is 9.63 Å². The molecule has 1 N–H and O–H groups in total. The summed E-state index contributed by atoms with van der Waals surface area (Å²) in [6.07, 6.45) is 0. The predicted molar refractivity (Wildman–Crippen MR) is 94.9 cm³/mol. The summed E-state index contributed by atoms with van der Waals surface area (Å²) in [4.78, 5) is 17.6. The first-order valence-corrected chi connectivity index (χ1v) is 8.71. The number of rotatable bonds is 3. The molecule has 0 aliphatic carbocycles. The number of nitrogens with zero attached hydrogens (tertiary/aromatic N) is 2. The molecule has 4 rings (SSSR count). The van der Waals surface area contributed by atoms with Crippen LogP contribution in [0.5, 0.6) is 0 Å². The van der Waals surface area contributed by atoms with Gasteiger partial charge < -0.3 is 10.2 Å². The number of piperazine rings is 1. The standard InChI is InChI=1S/C18H17N3O2S/c22-18(23-21-11-9-19-10-12-21)14-7-5-13(6-8-14)17-15-3-1-2-4-16(15)24-20-17/h1-8,19H,9-12H2. The van der Waals surface area contributed by atoms with E-state index >= 15 is 0 Å². The third kappa shape index (κ3) is 3.03. The van der Waals surface area contributed by atoms with Crippen LogP contribution in [0.25, 0.3) is 21.3 Å². The molecular formula is C18H17N3O2S. The summed E-state index contributed by atoms with van der Waals surface area (Å²) in [5.74, 6) is -0.313.